The van der Waals surface area contributed by atoms with Crippen molar-refractivity contribution < 1.29 is 0 Å². The van der Waals surface area contributed by atoms with Gasteiger partial charge in [0.05, 0.1) is 10.8 Å². The molecule has 0 aliphatic heterocycles. The first-order chi connectivity index (χ1) is 33.7. The van der Waals surface area contributed by atoms with Crippen LogP contribution < -0.4 is 0 Å². The molecule has 0 N–H and O–H groups in total. The van der Waals surface area contributed by atoms with Crippen LogP contribution >= 0.6 is 0 Å². The Kier molecular flexibility index (Phi) is 7.63. The van der Waals surface area contributed by atoms with Gasteiger partial charge in [-0.25, -0.2) is 15.0 Å². The topological polar surface area (TPSA) is 38.7 Å². The second-order valence-corrected chi connectivity index (χ2v) is 18.5. The van der Waals surface area contributed by atoms with Gasteiger partial charge >= 0.3 is 0 Å². The Hall–Kier alpha value is -8.79. The minimum Gasteiger partial charge on any atom is -0.208 e. The average Bonchev–Trinajstić information content (AvgIpc) is 4.10. The van der Waals surface area contributed by atoms with E-state index in [0.717, 1.165) is 22.3 Å². The standard InChI is InChI=1S/C65H39N3/c1-2-18-40(19-3-1)41-36-38-42(39-37-41)61-66-62(49-26-16-34-57-59(49)47-24-8-14-32-55(47)64(57)51-28-10-4-20-43(51)44-21-5-11-29-52(44)64)68-63(67-61)50-27-17-35-58-60(50)48-25-9-15-33-56(48)65(58)53-30-12-6-22-45(53)46-23-7-13-31-54(46)65/h1-39H. The molecule has 2 spiro atoms. The van der Waals surface area contributed by atoms with Crippen molar-refractivity contribution in [2.24, 2.45) is 0 Å². The zero-order chi connectivity index (χ0) is 44.6. The Morgan fingerprint density at radius 3 is 0.882 bits per heavy atom. The number of hydrogen-bond acceptors (Lipinski definition) is 3. The molecule has 0 unspecified atom stereocenters. The van der Waals surface area contributed by atoms with Crippen LogP contribution in [0.25, 0.3) is 89.8 Å². The van der Waals surface area contributed by atoms with Gasteiger partial charge in [0, 0.05) is 16.7 Å². The SMILES string of the molecule is c1ccc(-c2ccc(-c3nc(-c4cccc5c4-c4ccccc4C54c5ccccc5-c5ccccc54)nc(-c4cccc5c4-c4ccccc4C54c5ccccc5-c5ccccc54)n3)cc2)cc1. The van der Waals surface area contributed by atoms with Crippen LogP contribution in [0.2, 0.25) is 0 Å². The van der Waals surface area contributed by atoms with Gasteiger partial charge in [0.25, 0.3) is 0 Å². The normalized spacial score (nSPS) is 14.1. The molecule has 0 bridgehead atoms. The van der Waals surface area contributed by atoms with Crippen molar-refractivity contribution in [1.82, 2.24) is 15.0 Å². The quantitative estimate of drug-likeness (QED) is 0.177. The van der Waals surface area contributed by atoms with Crippen LogP contribution in [-0.4, -0.2) is 15.0 Å². The summed E-state index contributed by atoms with van der Waals surface area (Å²) in [7, 11) is 0. The van der Waals surface area contributed by atoms with Crippen molar-refractivity contribution in [1.29, 1.82) is 0 Å². The van der Waals surface area contributed by atoms with E-state index in [2.05, 4.69) is 237 Å². The van der Waals surface area contributed by atoms with E-state index >= 15 is 0 Å². The molecule has 0 amide bonds. The molecule has 4 aliphatic carbocycles. The third-order valence-electron chi connectivity index (χ3n) is 15.4. The summed E-state index contributed by atoms with van der Waals surface area (Å²) >= 11 is 0. The summed E-state index contributed by atoms with van der Waals surface area (Å²) in [6.07, 6.45) is 0. The van der Waals surface area contributed by atoms with E-state index in [1.165, 1.54) is 94.6 Å². The van der Waals surface area contributed by atoms with Crippen LogP contribution in [0.4, 0.5) is 0 Å². The summed E-state index contributed by atoms with van der Waals surface area (Å²) in [5.41, 5.74) is 24.4. The summed E-state index contributed by atoms with van der Waals surface area (Å²) in [5.74, 6) is 1.93. The van der Waals surface area contributed by atoms with Crippen molar-refractivity contribution in [3.8, 4) is 89.8 Å². The fourth-order valence-corrected chi connectivity index (χ4v) is 12.8. The smallest absolute Gasteiger partial charge is 0.164 e. The Morgan fingerprint density at radius 1 is 0.191 bits per heavy atom. The van der Waals surface area contributed by atoms with E-state index in [9.17, 15) is 0 Å². The van der Waals surface area contributed by atoms with E-state index in [-0.39, 0.29) is 0 Å². The molecule has 3 nitrogen and oxygen atoms in total. The van der Waals surface area contributed by atoms with Crippen LogP contribution in [-0.2, 0) is 10.8 Å². The summed E-state index contributed by atoms with van der Waals surface area (Å²) in [5, 5.41) is 0. The van der Waals surface area contributed by atoms with Gasteiger partial charge in [-0.3, -0.25) is 0 Å². The van der Waals surface area contributed by atoms with Crippen LogP contribution in [0, 0.1) is 0 Å². The first-order valence-corrected chi connectivity index (χ1v) is 23.5. The van der Waals surface area contributed by atoms with Gasteiger partial charge < -0.3 is 0 Å². The van der Waals surface area contributed by atoms with Gasteiger partial charge in [-0.15, -0.1) is 0 Å². The first-order valence-electron chi connectivity index (χ1n) is 23.5. The van der Waals surface area contributed by atoms with Crippen LogP contribution in [0.3, 0.4) is 0 Å². The van der Waals surface area contributed by atoms with E-state index in [0.29, 0.717) is 17.5 Å². The minimum absolute atomic E-state index is 0.493. The maximum Gasteiger partial charge on any atom is 0.164 e. The van der Waals surface area contributed by atoms with Crippen LogP contribution in [0.5, 0.6) is 0 Å². The monoisotopic (exact) mass is 861 g/mol. The molecular formula is C65H39N3. The molecule has 15 rings (SSSR count). The highest BCUT2D eigenvalue weighted by atomic mass is 15.0. The van der Waals surface area contributed by atoms with E-state index < -0.39 is 10.8 Å². The van der Waals surface area contributed by atoms with Gasteiger partial charge in [0.15, 0.2) is 17.5 Å². The number of nitrogens with zero attached hydrogens (tertiary/aromatic N) is 3. The Balaban J connectivity index is 1.00. The molecule has 314 valence electrons. The number of fused-ring (bicyclic) bond motifs is 20. The van der Waals surface area contributed by atoms with E-state index in [4.69, 9.17) is 15.0 Å². The van der Waals surface area contributed by atoms with E-state index in [1.54, 1.807) is 0 Å². The van der Waals surface area contributed by atoms with Crippen molar-refractivity contribution in [2.45, 2.75) is 10.8 Å². The summed E-state index contributed by atoms with van der Waals surface area (Å²) in [6.45, 7) is 0. The molecular weight excluding hydrogens is 823 g/mol. The molecule has 0 fully saturated rings. The molecule has 0 saturated heterocycles. The van der Waals surface area contributed by atoms with Crippen molar-refractivity contribution in [3.63, 3.8) is 0 Å². The first kappa shape index (κ1) is 37.4. The summed E-state index contributed by atoms with van der Waals surface area (Å²) in [6, 6.07) is 86.5. The number of aromatic nitrogens is 3. The minimum atomic E-state index is -0.493. The van der Waals surface area contributed by atoms with E-state index in [1.807, 2.05) is 0 Å². The Labute approximate surface area is 394 Å². The largest absolute Gasteiger partial charge is 0.208 e. The van der Waals surface area contributed by atoms with Gasteiger partial charge in [-0.1, -0.05) is 237 Å². The molecule has 10 aromatic carbocycles. The molecule has 1 aromatic heterocycles. The third-order valence-corrected chi connectivity index (χ3v) is 15.4. The predicted molar refractivity (Wildman–Crippen MR) is 274 cm³/mol. The fourth-order valence-electron chi connectivity index (χ4n) is 12.8. The van der Waals surface area contributed by atoms with Crippen molar-refractivity contribution in [2.75, 3.05) is 0 Å². The lowest BCUT2D eigenvalue weighted by atomic mass is 9.70. The summed E-state index contributed by atoms with van der Waals surface area (Å²) in [4.78, 5) is 16.7. The lowest BCUT2D eigenvalue weighted by molar-refractivity contribution is 0.793. The second kappa shape index (κ2) is 13.9. The Morgan fingerprint density at radius 2 is 0.471 bits per heavy atom. The van der Waals surface area contributed by atoms with Gasteiger partial charge in [-0.2, -0.15) is 0 Å². The third kappa shape index (κ3) is 4.74. The summed E-state index contributed by atoms with van der Waals surface area (Å²) < 4.78 is 0. The molecule has 0 saturated carbocycles. The number of benzene rings is 10. The average molecular weight is 862 g/mol. The highest BCUT2D eigenvalue weighted by Crippen LogP contribution is 2.65. The maximum absolute atomic E-state index is 5.65. The Bertz CT molecular complexity index is 3620. The van der Waals surface area contributed by atoms with Gasteiger partial charge in [0.2, 0.25) is 0 Å². The van der Waals surface area contributed by atoms with Crippen molar-refractivity contribution >= 4 is 0 Å². The zero-order valence-corrected chi connectivity index (χ0v) is 36.9. The van der Waals surface area contributed by atoms with Crippen LogP contribution in [0.15, 0.2) is 237 Å². The number of rotatable bonds is 4. The molecule has 0 atom stereocenters. The predicted octanol–water partition coefficient (Wildman–Crippen LogP) is 15.2. The van der Waals surface area contributed by atoms with Crippen LogP contribution in [0.1, 0.15) is 44.5 Å². The maximum atomic E-state index is 5.65. The van der Waals surface area contributed by atoms with Crippen molar-refractivity contribution in [3.05, 3.63) is 281 Å². The lowest BCUT2D eigenvalue weighted by Gasteiger charge is -2.30. The highest BCUT2D eigenvalue weighted by Gasteiger charge is 2.54. The lowest BCUT2D eigenvalue weighted by Crippen LogP contribution is -2.25. The molecule has 1 heterocycles. The molecule has 0 radical (unpaired) electrons. The van der Waals surface area contributed by atoms with Gasteiger partial charge in [-0.05, 0) is 100 Å². The highest BCUT2D eigenvalue weighted by molar-refractivity contribution is 6.01. The molecule has 4 aliphatic rings. The molecule has 11 aromatic rings. The fraction of sp³-hybridized carbons (Fsp3) is 0.0308. The molecule has 68 heavy (non-hydrogen) atoms. The number of hydrogen-bond donors (Lipinski definition) is 0. The van der Waals surface area contributed by atoms with Gasteiger partial charge in [0.1, 0.15) is 0 Å². The zero-order valence-electron chi connectivity index (χ0n) is 36.9. The second-order valence-electron chi connectivity index (χ2n) is 18.5. The molecule has 3 heteroatoms.